The van der Waals surface area contributed by atoms with E-state index in [0.717, 1.165) is 24.2 Å². The minimum absolute atomic E-state index is 0.177. The molecule has 144 valence electrons. The van der Waals surface area contributed by atoms with Crippen LogP contribution >= 0.6 is 0 Å². The number of benzene rings is 2. The molecule has 7 heteroatoms. The van der Waals surface area contributed by atoms with E-state index >= 15 is 0 Å². The molecule has 0 radical (unpaired) electrons. The average molecular weight is 380 g/mol. The highest BCUT2D eigenvalue weighted by molar-refractivity contribution is 5.75. The first-order chi connectivity index (χ1) is 13.6. The zero-order valence-electron chi connectivity index (χ0n) is 15.3. The highest BCUT2D eigenvalue weighted by atomic mass is 19.1. The fourth-order valence-corrected chi connectivity index (χ4v) is 3.79. The van der Waals surface area contributed by atoms with Crippen LogP contribution in [0.2, 0.25) is 0 Å². The summed E-state index contributed by atoms with van der Waals surface area (Å²) in [4.78, 5) is 18.3. The summed E-state index contributed by atoms with van der Waals surface area (Å²) in [5.74, 6) is 0.134. The van der Waals surface area contributed by atoms with Crippen molar-refractivity contribution < 1.29 is 14.3 Å². The number of aliphatic carboxylic acids is 1. The maximum atomic E-state index is 14.1. The number of likely N-dealkylation sites (tertiary alicyclic amines) is 1. The second-order valence-corrected chi connectivity index (χ2v) is 6.98. The van der Waals surface area contributed by atoms with Crippen LogP contribution < -0.4 is 0 Å². The SMILES string of the molecule is O=C(O)[C@@H](c1ccccc1F)N1CCC(c2nc(-c3ccccc3)n[nH]2)CC1. The number of hydrogen-bond acceptors (Lipinski definition) is 4. The van der Waals surface area contributed by atoms with Gasteiger partial charge in [-0.05, 0) is 32.0 Å². The monoisotopic (exact) mass is 380 g/mol. The van der Waals surface area contributed by atoms with Gasteiger partial charge in [0.1, 0.15) is 17.7 Å². The fourth-order valence-electron chi connectivity index (χ4n) is 3.79. The molecule has 6 nitrogen and oxygen atoms in total. The Hall–Kier alpha value is -3.06. The molecular weight excluding hydrogens is 359 g/mol. The van der Waals surface area contributed by atoms with Gasteiger partial charge in [0.15, 0.2) is 5.82 Å². The molecule has 2 heterocycles. The van der Waals surface area contributed by atoms with Crippen molar-refractivity contribution in [2.45, 2.75) is 24.8 Å². The number of carboxylic acid groups (broad SMARTS) is 1. The van der Waals surface area contributed by atoms with E-state index in [9.17, 15) is 14.3 Å². The van der Waals surface area contributed by atoms with Crippen molar-refractivity contribution in [1.29, 1.82) is 0 Å². The molecule has 3 aromatic rings. The maximum absolute atomic E-state index is 14.1. The van der Waals surface area contributed by atoms with Crippen LogP contribution in [-0.2, 0) is 4.79 Å². The van der Waals surface area contributed by atoms with E-state index in [-0.39, 0.29) is 11.5 Å². The Kier molecular flexibility index (Phi) is 5.16. The molecule has 1 aromatic heterocycles. The molecule has 1 saturated heterocycles. The quantitative estimate of drug-likeness (QED) is 0.707. The van der Waals surface area contributed by atoms with E-state index < -0.39 is 17.8 Å². The summed E-state index contributed by atoms with van der Waals surface area (Å²) in [6.45, 7) is 1.11. The molecule has 28 heavy (non-hydrogen) atoms. The smallest absolute Gasteiger partial charge is 0.325 e. The van der Waals surface area contributed by atoms with Crippen LogP contribution in [0.4, 0.5) is 4.39 Å². The molecule has 0 bridgehead atoms. The Morgan fingerprint density at radius 2 is 1.79 bits per heavy atom. The number of aromatic nitrogens is 3. The molecule has 0 spiro atoms. The van der Waals surface area contributed by atoms with Crippen molar-refractivity contribution in [3.8, 4) is 11.4 Å². The van der Waals surface area contributed by atoms with Crippen molar-refractivity contribution >= 4 is 5.97 Å². The number of piperidine rings is 1. The summed E-state index contributed by atoms with van der Waals surface area (Å²) in [6.07, 6.45) is 1.48. The van der Waals surface area contributed by atoms with Crippen molar-refractivity contribution in [2.24, 2.45) is 0 Å². The van der Waals surface area contributed by atoms with Gasteiger partial charge in [0.2, 0.25) is 0 Å². The van der Waals surface area contributed by atoms with E-state index in [2.05, 4.69) is 15.2 Å². The molecule has 0 amide bonds. The van der Waals surface area contributed by atoms with Crippen LogP contribution in [0.15, 0.2) is 54.6 Å². The van der Waals surface area contributed by atoms with Crippen molar-refractivity contribution in [2.75, 3.05) is 13.1 Å². The van der Waals surface area contributed by atoms with Gasteiger partial charge in [-0.25, -0.2) is 9.37 Å². The highest BCUT2D eigenvalue weighted by Gasteiger charge is 2.33. The first kappa shape index (κ1) is 18.3. The highest BCUT2D eigenvalue weighted by Crippen LogP contribution is 2.32. The first-order valence-corrected chi connectivity index (χ1v) is 9.32. The van der Waals surface area contributed by atoms with Gasteiger partial charge in [0.05, 0.1) is 0 Å². The number of H-pyrrole nitrogens is 1. The second kappa shape index (κ2) is 7.90. The summed E-state index contributed by atoms with van der Waals surface area (Å²) >= 11 is 0. The van der Waals surface area contributed by atoms with Gasteiger partial charge >= 0.3 is 5.97 Å². The Morgan fingerprint density at radius 1 is 1.11 bits per heavy atom. The summed E-state index contributed by atoms with van der Waals surface area (Å²) < 4.78 is 14.1. The lowest BCUT2D eigenvalue weighted by atomic mass is 9.93. The molecule has 1 aliphatic heterocycles. The number of halogens is 1. The van der Waals surface area contributed by atoms with Gasteiger partial charge in [0, 0.05) is 17.0 Å². The molecule has 1 atom stereocenters. The standard InChI is InChI=1S/C21H21FN4O2/c22-17-9-5-4-8-16(17)18(21(27)28)26-12-10-15(11-13-26)20-23-19(24-25-20)14-6-2-1-3-7-14/h1-9,15,18H,10-13H2,(H,27,28)(H,23,24,25)/t18-/m1/s1. The Bertz CT molecular complexity index is 952. The number of carboxylic acids is 1. The van der Waals surface area contributed by atoms with Gasteiger partial charge < -0.3 is 5.11 Å². The molecule has 0 saturated carbocycles. The summed E-state index contributed by atoms with van der Waals surface area (Å²) in [5.41, 5.74) is 1.16. The molecule has 0 unspecified atom stereocenters. The lowest BCUT2D eigenvalue weighted by molar-refractivity contribution is -0.144. The van der Waals surface area contributed by atoms with Crippen LogP contribution in [0, 0.1) is 5.82 Å². The topological polar surface area (TPSA) is 82.1 Å². The third-order valence-electron chi connectivity index (χ3n) is 5.25. The minimum Gasteiger partial charge on any atom is -0.480 e. The minimum atomic E-state index is -1.03. The number of aromatic amines is 1. The maximum Gasteiger partial charge on any atom is 0.325 e. The molecule has 1 aliphatic rings. The normalized spacial score (nSPS) is 16.8. The Morgan fingerprint density at radius 3 is 2.46 bits per heavy atom. The van der Waals surface area contributed by atoms with Crippen molar-refractivity contribution in [3.05, 3.63) is 71.8 Å². The third kappa shape index (κ3) is 3.66. The van der Waals surface area contributed by atoms with Gasteiger partial charge in [-0.2, -0.15) is 5.10 Å². The Balaban J connectivity index is 1.46. The second-order valence-electron chi connectivity index (χ2n) is 6.98. The lowest BCUT2D eigenvalue weighted by Crippen LogP contribution is -2.40. The largest absolute Gasteiger partial charge is 0.480 e. The van der Waals surface area contributed by atoms with Crippen LogP contribution in [-0.4, -0.2) is 44.2 Å². The van der Waals surface area contributed by atoms with Crippen molar-refractivity contribution in [3.63, 3.8) is 0 Å². The number of rotatable bonds is 5. The van der Waals surface area contributed by atoms with Crippen LogP contribution in [0.25, 0.3) is 11.4 Å². The summed E-state index contributed by atoms with van der Waals surface area (Å²) in [5, 5.41) is 17.0. The van der Waals surface area contributed by atoms with Crippen molar-refractivity contribution in [1.82, 2.24) is 20.1 Å². The molecule has 4 rings (SSSR count). The van der Waals surface area contributed by atoms with E-state index in [4.69, 9.17) is 0 Å². The van der Waals surface area contributed by atoms with Crippen LogP contribution in [0.1, 0.15) is 36.2 Å². The predicted molar refractivity (Wildman–Crippen MR) is 102 cm³/mol. The molecule has 1 fully saturated rings. The fraction of sp³-hybridized carbons (Fsp3) is 0.286. The number of nitrogens with one attached hydrogen (secondary N) is 1. The number of nitrogens with zero attached hydrogens (tertiary/aromatic N) is 3. The van der Waals surface area contributed by atoms with E-state index in [0.29, 0.717) is 18.9 Å². The molecule has 0 aliphatic carbocycles. The number of carbonyl (C=O) groups is 1. The van der Waals surface area contributed by atoms with Gasteiger partial charge in [-0.1, -0.05) is 48.5 Å². The average Bonchev–Trinajstić information content (AvgIpc) is 3.21. The lowest BCUT2D eigenvalue weighted by Gasteiger charge is -2.35. The van der Waals surface area contributed by atoms with Crippen LogP contribution in [0.5, 0.6) is 0 Å². The van der Waals surface area contributed by atoms with E-state index in [1.165, 1.54) is 6.07 Å². The number of hydrogen-bond donors (Lipinski definition) is 2. The van der Waals surface area contributed by atoms with Crippen LogP contribution in [0.3, 0.4) is 0 Å². The molecular formula is C21H21FN4O2. The van der Waals surface area contributed by atoms with Gasteiger partial charge in [0.25, 0.3) is 0 Å². The van der Waals surface area contributed by atoms with E-state index in [1.807, 2.05) is 35.2 Å². The predicted octanol–water partition coefficient (Wildman–Crippen LogP) is 3.62. The zero-order valence-corrected chi connectivity index (χ0v) is 15.3. The van der Waals surface area contributed by atoms with Gasteiger partial charge in [-0.15, -0.1) is 0 Å². The summed E-state index contributed by atoms with van der Waals surface area (Å²) in [6, 6.07) is 14.9. The summed E-state index contributed by atoms with van der Waals surface area (Å²) in [7, 11) is 0. The molecule has 2 aromatic carbocycles. The Labute approximate surface area is 162 Å². The first-order valence-electron chi connectivity index (χ1n) is 9.32. The van der Waals surface area contributed by atoms with E-state index in [1.54, 1.807) is 18.2 Å². The zero-order chi connectivity index (χ0) is 19.5. The van der Waals surface area contributed by atoms with Gasteiger partial charge in [-0.3, -0.25) is 14.8 Å². The third-order valence-corrected chi connectivity index (χ3v) is 5.25. The molecule has 2 N–H and O–H groups in total.